The second-order valence-corrected chi connectivity index (χ2v) is 7.29. The lowest BCUT2D eigenvalue weighted by Gasteiger charge is -2.32. The standard InChI is InChI=1S/C19H27N5O/c20-15-19(8-3-1-4-9-19)23-18(25)14-24-11-7-16(13-24)12-22-17-6-2-5-10-21-17/h2,5-6,10,16H,1,3-4,7-9,11-14H2,(H,21,22)(H,23,25). The molecule has 0 aromatic carbocycles. The van der Waals surface area contributed by atoms with Crippen LogP contribution in [-0.2, 0) is 4.79 Å². The minimum absolute atomic E-state index is 0.0122. The molecule has 2 N–H and O–H groups in total. The third-order valence-electron chi connectivity index (χ3n) is 5.27. The maximum atomic E-state index is 12.4. The van der Waals surface area contributed by atoms with E-state index in [1.807, 2.05) is 18.2 Å². The van der Waals surface area contributed by atoms with Gasteiger partial charge in [-0.25, -0.2) is 4.98 Å². The Labute approximate surface area is 149 Å². The Morgan fingerprint density at radius 1 is 1.36 bits per heavy atom. The summed E-state index contributed by atoms with van der Waals surface area (Å²) in [6.45, 7) is 3.11. The number of rotatable bonds is 6. The quantitative estimate of drug-likeness (QED) is 0.829. The van der Waals surface area contributed by atoms with Crippen LogP contribution in [0.25, 0.3) is 0 Å². The van der Waals surface area contributed by atoms with Gasteiger partial charge in [0.2, 0.25) is 5.91 Å². The zero-order chi connectivity index (χ0) is 17.5. The highest BCUT2D eigenvalue weighted by Crippen LogP contribution is 2.27. The molecule has 1 aliphatic carbocycles. The molecule has 2 aliphatic rings. The van der Waals surface area contributed by atoms with Crippen LogP contribution >= 0.6 is 0 Å². The number of aromatic nitrogens is 1. The Balaban J connectivity index is 1.41. The van der Waals surface area contributed by atoms with Gasteiger partial charge < -0.3 is 10.6 Å². The predicted octanol–water partition coefficient (Wildman–Crippen LogP) is 2.16. The number of amides is 1. The predicted molar refractivity (Wildman–Crippen MR) is 96.8 cm³/mol. The van der Waals surface area contributed by atoms with Crippen molar-refractivity contribution in [3.05, 3.63) is 24.4 Å². The molecule has 1 saturated carbocycles. The Hall–Kier alpha value is -2.13. The summed E-state index contributed by atoms with van der Waals surface area (Å²) in [5.74, 6) is 1.41. The van der Waals surface area contributed by atoms with Crippen molar-refractivity contribution in [2.24, 2.45) is 5.92 Å². The number of carbonyl (C=O) groups is 1. The van der Waals surface area contributed by atoms with E-state index in [0.29, 0.717) is 12.5 Å². The van der Waals surface area contributed by atoms with Gasteiger partial charge in [-0.1, -0.05) is 25.3 Å². The van der Waals surface area contributed by atoms with Gasteiger partial charge in [0.1, 0.15) is 11.4 Å². The molecule has 0 spiro atoms. The van der Waals surface area contributed by atoms with Crippen LogP contribution in [0.1, 0.15) is 38.5 Å². The minimum atomic E-state index is -0.630. The monoisotopic (exact) mass is 341 g/mol. The van der Waals surface area contributed by atoms with Crippen molar-refractivity contribution in [3.8, 4) is 6.07 Å². The molecule has 3 rings (SSSR count). The SMILES string of the molecule is N#CC1(NC(=O)CN2CCC(CNc3ccccn3)C2)CCCCC1. The molecular formula is C19H27N5O. The van der Waals surface area contributed by atoms with Gasteiger partial charge in [-0.2, -0.15) is 5.26 Å². The lowest BCUT2D eigenvalue weighted by atomic mass is 9.83. The molecule has 6 nitrogen and oxygen atoms in total. The van der Waals surface area contributed by atoms with E-state index in [4.69, 9.17) is 0 Å². The summed E-state index contributed by atoms with van der Waals surface area (Å²) in [6, 6.07) is 8.19. The average molecular weight is 341 g/mol. The number of hydrogen-bond acceptors (Lipinski definition) is 5. The number of nitrogens with one attached hydrogen (secondary N) is 2. The Bertz CT molecular complexity index is 606. The van der Waals surface area contributed by atoms with E-state index in [1.165, 1.54) is 0 Å². The van der Waals surface area contributed by atoms with Crippen LogP contribution in [0.15, 0.2) is 24.4 Å². The molecule has 1 amide bonds. The largest absolute Gasteiger partial charge is 0.370 e. The summed E-state index contributed by atoms with van der Waals surface area (Å²) < 4.78 is 0. The van der Waals surface area contributed by atoms with Crippen molar-refractivity contribution in [1.82, 2.24) is 15.2 Å². The van der Waals surface area contributed by atoms with Crippen molar-refractivity contribution in [3.63, 3.8) is 0 Å². The molecular weight excluding hydrogens is 314 g/mol. The molecule has 1 aromatic heterocycles. The minimum Gasteiger partial charge on any atom is -0.370 e. The zero-order valence-electron chi connectivity index (χ0n) is 14.7. The van der Waals surface area contributed by atoms with Crippen molar-refractivity contribution in [2.45, 2.75) is 44.1 Å². The third kappa shape index (κ3) is 4.93. The number of carbonyl (C=O) groups excluding carboxylic acids is 1. The summed E-state index contributed by atoms with van der Waals surface area (Å²) in [6.07, 6.45) is 7.64. The molecule has 0 radical (unpaired) electrons. The van der Waals surface area contributed by atoms with Gasteiger partial charge in [0, 0.05) is 19.3 Å². The molecule has 2 heterocycles. The summed E-state index contributed by atoms with van der Waals surface area (Å²) >= 11 is 0. The summed E-state index contributed by atoms with van der Waals surface area (Å²) in [5, 5.41) is 15.9. The Kier molecular flexibility index (Phi) is 5.87. The zero-order valence-corrected chi connectivity index (χ0v) is 14.7. The normalized spacial score (nSPS) is 22.9. The first-order chi connectivity index (χ1) is 12.2. The molecule has 1 atom stereocenters. The smallest absolute Gasteiger partial charge is 0.235 e. The molecule has 6 heteroatoms. The Morgan fingerprint density at radius 3 is 2.92 bits per heavy atom. The average Bonchev–Trinajstić information content (AvgIpc) is 3.09. The first-order valence-corrected chi connectivity index (χ1v) is 9.29. The molecule has 134 valence electrons. The van der Waals surface area contributed by atoms with E-state index in [9.17, 15) is 10.1 Å². The molecule has 1 unspecified atom stereocenters. The lowest BCUT2D eigenvalue weighted by Crippen LogP contribution is -2.51. The van der Waals surface area contributed by atoms with Crippen molar-refractivity contribution < 1.29 is 4.79 Å². The van der Waals surface area contributed by atoms with Gasteiger partial charge >= 0.3 is 0 Å². The van der Waals surface area contributed by atoms with Gasteiger partial charge in [0.25, 0.3) is 0 Å². The van der Waals surface area contributed by atoms with Crippen LogP contribution < -0.4 is 10.6 Å². The highest BCUT2D eigenvalue weighted by Gasteiger charge is 2.34. The van der Waals surface area contributed by atoms with Crippen LogP contribution in [0.2, 0.25) is 0 Å². The van der Waals surface area contributed by atoms with Crippen LogP contribution in [0.5, 0.6) is 0 Å². The maximum Gasteiger partial charge on any atom is 0.235 e. The van der Waals surface area contributed by atoms with Crippen LogP contribution in [0.4, 0.5) is 5.82 Å². The van der Waals surface area contributed by atoms with Gasteiger partial charge in [-0.15, -0.1) is 0 Å². The molecule has 0 bridgehead atoms. The lowest BCUT2D eigenvalue weighted by molar-refractivity contribution is -0.123. The van der Waals surface area contributed by atoms with Gasteiger partial charge in [0.05, 0.1) is 12.6 Å². The fourth-order valence-corrected chi connectivity index (χ4v) is 3.87. The van der Waals surface area contributed by atoms with E-state index in [1.54, 1.807) is 6.20 Å². The number of nitriles is 1. The number of pyridine rings is 1. The molecule has 1 saturated heterocycles. The first kappa shape index (κ1) is 17.7. The molecule has 1 aliphatic heterocycles. The highest BCUT2D eigenvalue weighted by molar-refractivity contribution is 5.79. The summed E-state index contributed by atoms with van der Waals surface area (Å²) in [7, 11) is 0. The van der Waals surface area contributed by atoms with E-state index < -0.39 is 5.54 Å². The maximum absolute atomic E-state index is 12.4. The second kappa shape index (κ2) is 8.30. The third-order valence-corrected chi connectivity index (χ3v) is 5.27. The van der Waals surface area contributed by atoms with Crippen molar-refractivity contribution in [2.75, 3.05) is 31.5 Å². The van der Waals surface area contributed by atoms with E-state index >= 15 is 0 Å². The highest BCUT2D eigenvalue weighted by atomic mass is 16.2. The van der Waals surface area contributed by atoms with Crippen molar-refractivity contribution in [1.29, 1.82) is 5.26 Å². The summed E-state index contributed by atoms with van der Waals surface area (Å²) in [5.41, 5.74) is -0.630. The van der Waals surface area contributed by atoms with E-state index in [-0.39, 0.29) is 5.91 Å². The number of nitrogens with zero attached hydrogens (tertiary/aromatic N) is 3. The van der Waals surface area contributed by atoms with Crippen LogP contribution in [0.3, 0.4) is 0 Å². The second-order valence-electron chi connectivity index (χ2n) is 7.29. The van der Waals surface area contributed by atoms with Gasteiger partial charge in [-0.05, 0) is 43.9 Å². The van der Waals surface area contributed by atoms with E-state index in [0.717, 1.165) is 64.0 Å². The number of hydrogen-bond donors (Lipinski definition) is 2. The summed E-state index contributed by atoms with van der Waals surface area (Å²) in [4.78, 5) is 18.8. The number of anilines is 1. The van der Waals surface area contributed by atoms with Crippen LogP contribution in [-0.4, -0.2) is 47.5 Å². The topological polar surface area (TPSA) is 81.0 Å². The fourth-order valence-electron chi connectivity index (χ4n) is 3.87. The fraction of sp³-hybridized carbons (Fsp3) is 0.632. The molecule has 25 heavy (non-hydrogen) atoms. The van der Waals surface area contributed by atoms with Crippen LogP contribution in [0, 0.1) is 17.2 Å². The van der Waals surface area contributed by atoms with E-state index in [2.05, 4.69) is 26.6 Å². The van der Waals surface area contributed by atoms with Gasteiger partial charge in [-0.3, -0.25) is 9.69 Å². The molecule has 2 fully saturated rings. The van der Waals surface area contributed by atoms with Crippen molar-refractivity contribution >= 4 is 11.7 Å². The first-order valence-electron chi connectivity index (χ1n) is 9.29. The number of likely N-dealkylation sites (tertiary alicyclic amines) is 1. The van der Waals surface area contributed by atoms with Gasteiger partial charge in [0.15, 0.2) is 0 Å². The Morgan fingerprint density at radius 2 is 2.20 bits per heavy atom. The molecule has 1 aromatic rings.